The Balaban J connectivity index is 2.85. The van der Waals surface area contributed by atoms with Crippen LogP contribution in [0.15, 0.2) is 24.3 Å². The van der Waals surface area contributed by atoms with Crippen molar-refractivity contribution < 1.29 is 19.1 Å². The minimum Gasteiger partial charge on any atom is -0.462 e. The summed E-state index contributed by atoms with van der Waals surface area (Å²) in [7, 11) is 0. The number of amides is 1. The third kappa shape index (κ3) is 3.27. The Morgan fingerprint density at radius 3 is 2.62 bits per heavy atom. The molecule has 5 nitrogen and oxygen atoms in total. The molecule has 0 aliphatic rings. The van der Waals surface area contributed by atoms with Crippen LogP contribution in [0.1, 0.15) is 23.7 Å². The van der Waals surface area contributed by atoms with Gasteiger partial charge in [0, 0.05) is 0 Å². The quantitative estimate of drug-likeness (QED) is 0.788. The fourth-order valence-corrected chi connectivity index (χ4v) is 1.11. The van der Waals surface area contributed by atoms with Crippen LogP contribution < -0.4 is 10.5 Å². The summed E-state index contributed by atoms with van der Waals surface area (Å²) in [4.78, 5) is 22.2. The van der Waals surface area contributed by atoms with E-state index < -0.39 is 12.1 Å². The number of esters is 1. The molecule has 1 aromatic rings. The van der Waals surface area contributed by atoms with Crippen molar-refractivity contribution in [3.05, 3.63) is 29.8 Å². The largest absolute Gasteiger partial charge is 0.462 e. The minimum absolute atomic E-state index is 0.108. The summed E-state index contributed by atoms with van der Waals surface area (Å²) in [5.41, 5.74) is 5.07. The fraction of sp³-hybridized carbons (Fsp3) is 0.273. The van der Waals surface area contributed by atoms with Gasteiger partial charge in [0.25, 0.3) is 0 Å². The summed E-state index contributed by atoms with van der Waals surface area (Å²) in [6, 6.07) is 6.27. The van der Waals surface area contributed by atoms with Gasteiger partial charge in [0.05, 0.1) is 6.61 Å². The normalized spacial score (nSPS) is 9.56. The lowest BCUT2D eigenvalue weighted by molar-refractivity contribution is 0.0502. The molecular weight excluding hydrogens is 210 g/mol. The molecule has 0 heterocycles. The minimum atomic E-state index is -0.962. The van der Waals surface area contributed by atoms with Gasteiger partial charge in [-0.05, 0) is 18.6 Å². The van der Waals surface area contributed by atoms with Crippen LogP contribution in [0.3, 0.4) is 0 Å². The monoisotopic (exact) mass is 223 g/mol. The van der Waals surface area contributed by atoms with Gasteiger partial charge < -0.3 is 15.2 Å². The zero-order valence-electron chi connectivity index (χ0n) is 8.93. The van der Waals surface area contributed by atoms with Crippen LogP contribution in [0.2, 0.25) is 0 Å². The molecule has 1 rings (SSSR count). The van der Waals surface area contributed by atoms with Gasteiger partial charge in [-0.2, -0.15) is 0 Å². The SMILES string of the molecule is CCCOC(=O)c1ccccc1OC(N)=O. The third-order valence-electron chi connectivity index (χ3n) is 1.75. The molecule has 0 radical (unpaired) electrons. The molecule has 0 fully saturated rings. The number of carbonyl (C=O) groups excluding carboxylic acids is 2. The van der Waals surface area contributed by atoms with Gasteiger partial charge >= 0.3 is 12.1 Å². The summed E-state index contributed by atoms with van der Waals surface area (Å²) in [5.74, 6) is -0.421. The van der Waals surface area contributed by atoms with E-state index >= 15 is 0 Å². The predicted molar refractivity (Wildman–Crippen MR) is 57.2 cm³/mol. The smallest absolute Gasteiger partial charge is 0.409 e. The average Bonchev–Trinajstić information content (AvgIpc) is 2.26. The summed E-state index contributed by atoms with van der Waals surface area (Å²) in [6.07, 6.45) is -0.236. The Kier molecular flexibility index (Phi) is 4.32. The van der Waals surface area contributed by atoms with Crippen LogP contribution in [-0.4, -0.2) is 18.7 Å². The molecule has 0 spiro atoms. The van der Waals surface area contributed by atoms with Crippen molar-refractivity contribution in [2.75, 3.05) is 6.61 Å². The van der Waals surface area contributed by atoms with Crippen molar-refractivity contribution in [1.82, 2.24) is 0 Å². The van der Waals surface area contributed by atoms with E-state index in [1.165, 1.54) is 12.1 Å². The molecule has 16 heavy (non-hydrogen) atoms. The second-order valence-corrected chi connectivity index (χ2v) is 3.05. The van der Waals surface area contributed by atoms with Gasteiger partial charge in [-0.3, -0.25) is 0 Å². The van der Waals surface area contributed by atoms with Gasteiger partial charge in [0.1, 0.15) is 11.3 Å². The molecule has 0 atom stereocenters. The Morgan fingerprint density at radius 1 is 1.31 bits per heavy atom. The molecule has 1 aromatic carbocycles. The molecule has 0 unspecified atom stereocenters. The van der Waals surface area contributed by atoms with E-state index in [4.69, 9.17) is 10.5 Å². The maximum absolute atomic E-state index is 11.6. The molecule has 2 N–H and O–H groups in total. The highest BCUT2D eigenvalue weighted by Crippen LogP contribution is 2.18. The van der Waals surface area contributed by atoms with E-state index in [1.54, 1.807) is 12.1 Å². The number of nitrogens with two attached hydrogens (primary N) is 1. The first-order valence-electron chi connectivity index (χ1n) is 4.88. The van der Waals surface area contributed by atoms with E-state index in [0.717, 1.165) is 6.42 Å². The number of para-hydroxylation sites is 1. The lowest BCUT2D eigenvalue weighted by atomic mass is 10.2. The molecule has 0 aliphatic heterocycles. The van der Waals surface area contributed by atoms with Crippen LogP contribution in [0.5, 0.6) is 5.75 Å². The van der Waals surface area contributed by atoms with Crippen LogP contribution >= 0.6 is 0 Å². The first-order chi connectivity index (χ1) is 7.65. The van der Waals surface area contributed by atoms with Gasteiger partial charge in [0.2, 0.25) is 0 Å². The molecule has 5 heteroatoms. The van der Waals surface area contributed by atoms with Crippen molar-refractivity contribution in [1.29, 1.82) is 0 Å². The van der Waals surface area contributed by atoms with Crippen molar-refractivity contribution in [3.8, 4) is 5.75 Å². The van der Waals surface area contributed by atoms with Crippen molar-refractivity contribution >= 4 is 12.1 Å². The summed E-state index contributed by atoms with van der Waals surface area (Å²) < 4.78 is 9.61. The number of hydrogen-bond donors (Lipinski definition) is 1. The number of primary amides is 1. The van der Waals surface area contributed by atoms with Crippen LogP contribution in [0, 0.1) is 0 Å². The van der Waals surface area contributed by atoms with Gasteiger partial charge in [0.15, 0.2) is 0 Å². The molecule has 0 saturated heterocycles. The molecule has 86 valence electrons. The second kappa shape index (κ2) is 5.75. The summed E-state index contributed by atoms with van der Waals surface area (Å²) in [6.45, 7) is 2.21. The Morgan fingerprint density at radius 2 is 2.00 bits per heavy atom. The van der Waals surface area contributed by atoms with Crippen molar-refractivity contribution in [3.63, 3.8) is 0 Å². The zero-order chi connectivity index (χ0) is 12.0. The Labute approximate surface area is 93.1 Å². The average molecular weight is 223 g/mol. The standard InChI is InChI=1S/C11H13NO4/c1-2-7-15-10(13)8-5-3-4-6-9(8)16-11(12)14/h3-6H,2,7H2,1H3,(H2,12,14). The van der Waals surface area contributed by atoms with Crippen LogP contribution in [0.25, 0.3) is 0 Å². The highest BCUT2D eigenvalue weighted by atomic mass is 16.6. The Bertz CT molecular complexity index is 389. The number of carbonyl (C=O) groups is 2. The van der Waals surface area contributed by atoms with Gasteiger partial charge in [-0.15, -0.1) is 0 Å². The molecular formula is C11H13NO4. The number of benzene rings is 1. The third-order valence-corrected chi connectivity index (χ3v) is 1.75. The van der Waals surface area contributed by atoms with Crippen LogP contribution in [-0.2, 0) is 4.74 Å². The van der Waals surface area contributed by atoms with Crippen molar-refractivity contribution in [2.24, 2.45) is 5.73 Å². The highest BCUT2D eigenvalue weighted by Gasteiger charge is 2.14. The maximum atomic E-state index is 11.6. The van der Waals surface area contributed by atoms with E-state index in [1.807, 2.05) is 6.92 Å². The predicted octanol–water partition coefficient (Wildman–Crippen LogP) is 1.71. The number of rotatable bonds is 4. The lowest BCUT2D eigenvalue weighted by Crippen LogP contribution is -2.18. The lowest BCUT2D eigenvalue weighted by Gasteiger charge is -2.07. The van der Waals surface area contributed by atoms with Gasteiger partial charge in [-0.25, -0.2) is 9.59 Å². The summed E-state index contributed by atoms with van der Waals surface area (Å²) >= 11 is 0. The van der Waals surface area contributed by atoms with Gasteiger partial charge in [-0.1, -0.05) is 19.1 Å². The molecule has 0 bridgehead atoms. The topological polar surface area (TPSA) is 78.6 Å². The first-order valence-corrected chi connectivity index (χ1v) is 4.88. The number of hydrogen-bond acceptors (Lipinski definition) is 4. The molecule has 0 aromatic heterocycles. The molecule has 0 aliphatic carbocycles. The van der Waals surface area contributed by atoms with Crippen LogP contribution in [0.4, 0.5) is 4.79 Å². The van der Waals surface area contributed by atoms with E-state index in [-0.39, 0.29) is 11.3 Å². The molecule has 0 saturated carbocycles. The van der Waals surface area contributed by atoms with E-state index in [2.05, 4.69) is 4.74 Å². The summed E-state index contributed by atoms with van der Waals surface area (Å²) in [5, 5.41) is 0. The highest BCUT2D eigenvalue weighted by molar-refractivity contribution is 5.93. The molecule has 1 amide bonds. The number of ether oxygens (including phenoxy) is 2. The van der Waals surface area contributed by atoms with E-state index in [9.17, 15) is 9.59 Å². The Hall–Kier alpha value is -2.04. The maximum Gasteiger partial charge on any atom is 0.409 e. The van der Waals surface area contributed by atoms with Crippen molar-refractivity contribution in [2.45, 2.75) is 13.3 Å². The fourth-order valence-electron chi connectivity index (χ4n) is 1.11. The zero-order valence-corrected chi connectivity index (χ0v) is 8.93. The second-order valence-electron chi connectivity index (χ2n) is 3.05. The van der Waals surface area contributed by atoms with E-state index in [0.29, 0.717) is 6.61 Å². The first kappa shape index (κ1) is 12.0.